The van der Waals surface area contributed by atoms with Crippen LogP contribution in [0.2, 0.25) is 0 Å². The van der Waals surface area contributed by atoms with Gasteiger partial charge in [-0.25, -0.2) is 4.98 Å². The average Bonchev–Trinajstić information content (AvgIpc) is 2.75. The van der Waals surface area contributed by atoms with E-state index in [0.29, 0.717) is 0 Å². The molecular weight excluding hydrogens is 178 g/mol. The molecule has 1 saturated heterocycles. The number of aromatic nitrogens is 2. The van der Waals surface area contributed by atoms with E-state index in [4.69, 9.17) is 4.74 Å². The van der Waals surface area contributed by atoms with E-state index in [9.17, 15) is 0 Å². The Morgan fingerprint density at radius 3 is 3.21 bits per heavy atom. The molecule has 1 unspecified atom stereocenters. The molecule has 0 radical (unpaired) electrons. The van der Waals surface area contributed by atoms with E-state index in [1.165, 1.54) is 6.42 Å². The summed E-state index contributed by atoms with van der Waals surface area (Å²) in [7, 11) is 1.89. The predicted molar refractivity (Wildman–Crippen MR) is 55.4 cm³/mol. The monoisotopic (exact) mass is 195 g/mol. The van der Waals surface area contributed by atoms with Gasteiger partial charge in [0.1, 0.15) is 0 Å². The highest BCUT2D eigenvalue weighted by Gasteiger charge is 2.30. The highest BCUT2D eigenvalue weighted by molar-refractivity contribution is 5.24. The van der Waals surface area contributed by atoms with Gasteiger partial charge in [0.15, 0.2) is 0 Å². The molecule has 2 rings (SSSR count). The maximum atomic E-state index is 5.74. The molecule has 4 nitrogen and oxygen atoms in total. The van der Waals surface area contributed by atoms with Crippen molar-refractivity contribution in [3.63, 3.8) is 0 Å². The van der Waals surface area contributed by atoms with Crippen molar-refractivity contribution in [2.45, 2.75) is 31.9 Å². The summed E-state index contributed by atoms with van der Waals surface area (Å²) in [5.41, 5.74) is -0.00764. The fourth-order valence-corrected chi connectivity index (χ4v) is 1.99. The third-order valence-corrected chi connectivity index (χ3v) is 2.74. The van der Waals surface area contributed by atoms with Crippen LogP contribution in [0.5, 0.6) is 0 Å². The first-order valence-electron chi connectivity index (χ1n) is 5.06. The van der Waals surface area contributed by atoms with Crippen LogP contribution >= 0.6 is 0 Å². The molecule has 1 fully saturated rings. The lowest BCUT2D eigenvalue weighted by Crippen LogP contribution is -2.29. The van der Waals surface area contributed by atoms with Crippen LogP contribution in [0.15, 0.2) is 12.4 Å². The van der Waals surface area contributed by atoms with Gasteiger partial charge in [-0.2, -0.15) is 0 Å². The van der Waals surface area contributed by atoms with Crippen LogP contribution in [-0.4, -0.2) is 28.8 Å². The molecule has 1 aliphatic heterocycles. The van der Waals surface area contributed by atoms with Crippen LogP contribution in [0.1, 0.15) is 19.8 Å². The van der Waals surface area contributed by atoms with Crippen molar-refractivity contribution in [1.29, 1.82) is 0 Å². The predicted octanol–water partition coefficient (Wildman–Crippen LogP) is 1.49. The Kier molecular flexibility index (Phi) is 2.46. The fourth-order valence-electron chi connectivity index (χ4n) is 1.99. The van der Waals surface area contributed by atoms with Crippen molar-refractivity contribution < 1.29 is 4.74 Å². The van der Waals surface area contributed by atoms with Crippen molar-refractivity contribution >= 4 is 5.95 Å². The Hall–Kier alpha value is -1.03. The second-order valence-corrected chi connectivity index (χ2v) is 4.03. The minimum Gasteiger partial charge on any atom is -0.373 e. The number of anilines is 1. The maximum Gasteiger partial charge on any atom is 0.202 e. The average molecular weight is 195 g/mol. The van der Waals surface area contributed by atoms with Crippen molar-refractivity contribution in [3.05, 3.63) is 12.4 Å². The van der Waals surface area contributed by atoms with Crippen LogP contribution in [0.3, 0.4) is 0 Å². The van der Waals surface area contributed by atoms with Crippen LogP contribution in [0, 0.1) is 0 Å². The number of rotatable bonds is 3. The first-order valence-corrected chi connectivity index (χ1v) is 5.06. The van der Waals surface area contributed by atoms with Gasteiger partial charge in [0.05, 0.1) is 12.1 Å². The molecule has 0 amide bonds. The Balaban J connectivity index is 2.09. The minimum absolute atomic E-state index is 0.00764. The van der Waals surface area contributed by atoms with Crippen molar-refractivity contribution in [1.82, 2.24) is 9.55 Å². The lowest BCUT2D eigenvalue weighted by molar-refractivity contribution is 0.00665. The highest BCUT2D eigenvalue weighted by atomic mass is 16.5. The number of hydrogen-bond acceptors (Lipinski definition) is 3. The number of imidazole rings is 1. The molecule has 1 N–H and O–H groups in total. The first-order chi connectivity index (χ1) is 6.73. The van der Waals surface area contributed by atoms with Gasteiger partial charge in [0.2, 0.25) is 5.95 Å². The lowest BCUT2D eigenvalue weighted by atomic mass is 10.0. The highest BCUT2D eigenvalue weighted by Crippen LogP contribution is 2.27. The van der Waals surface area contributed by atoms with E-state index in [-0.39, 0.29) is 5.60 Å². The third kappa shape index (κ3) is 1.75. The topological polar surface area (TPSA) is 39.1 Å². The van der Waals surface area contributed by atoms with E-state index >= 15 is 0 Å². The molecule has 0 aromatic carbocycles. The molecule has 4 heteroatoms. The standard InChI is InChI=1S/C10H17N3O/c1-10(4-3-7-14-10)8-13-6-5-12-9(13)11-2/h5-6H,3-4,7-8H2,1-2H3,(H,11,12). The van der Waals surface area contributed by atoms with Crippen LogP contribution in [-0.2, 0) is 11.3 Å². The van der Waals surface area contributed by atoms with Crippen molar-refractivity contribution in [2.75, 3.05) is 19.0 Å². The molecule has 0 bridgehead atoms. The zero-order chi connectivity index (χ0) is 10.0. The number of ether oxygens (including phenoxy) is 1. The van der Waals surface area contributed by atoms with Gasteiger partial charge in [0.25, 0.3) is 0 Å². The molecule has 2 heterocycles. The minimum atomic E-state index is -0.00764. The second-order valence-electron chi connectivity index (χ2n) is 4.03. The summed E-state index contributed by atoms with van der Waals surface area (Å²) < 4.78 is 7.84. The van der Waals surface area contributed by atoms with E-state index in [0.717, 1.165) is 25.5 Å². The van der Waals surface area contributed by atoms with Crippen LogP contribution in [0.4, 0.5) is 5.95 Å². The number of nitrogens with zero attached hydrogens (tertiary/aromatic N) is 2. The molecule has 0 aliphatic carbocycles. The van der Waals surface area contributed by atoms with Crippen LogP contribution in [0.25, 0.3) is 0 Å². The van der Waals surface area contributed by atoms with Gasteiger partial charge in [0, 0.05) is 26.0 Å². The molecule has 14 heavy (non-hydrogen) atoms. The molecule has 0 saturated carbocycles. The summed E-state index contributed by atoms with van der Waals surface area (Å²) in [4.78, 5) is 4.20. The molecule has 1 atom stereocenters. The SMILES string of the molecule is CNc1nccn1CC1(C)CCCO1. The molecule has 78 valence electrons. The molecule has 1 aromatic rings. The fraction of sp³-hybridized carbons (Fsp3) is 0.700. The zero-order valence-corrected chi connectivity index (χ0v) is 8.79. The van der Waals surface area contributed by atoms with Gasteiger partial charge < -0.3 is 14.6 Å². The van der Waals surface area contributed by atoms with Gasteiger partial charge in [-0.15, -0.1) is 0 Å². The molecular formula is C10H17N3O. The number of nitrogens with one attached hydrogen (secondary N) is 1. The van der Waals surface area contributed by atoms with Gasteiger partial charge in [-0.05, 0) is 19.8 Å². The summed E-state index contributed by atoms with van der Waals surface area (Å²) >= 11 is 0. The summed E-state index contributed by atoms with van der Waals surface area (Å²) in [6.07, 6.45) is 6.09. The third-order valence-electron chi connectivity index (χ3n) is 2.74. The van der Waals surface area contributed by atoms with Crippen molar-refractivity contribution in [2.24, 2.45) is 0 Å². The Bertz CT molecular complexity index is 302. The largest absolute Gasteiger partial charge is 0.373 e. The molecule has 1 aromatic heterocycles. The maximum absolute atomic E-state index is 5.74. The Morgan fingerprint density at radius 1 is 1.71 bits per heavy atom. The van der Waals surface area contributed by atoms with E-state index in [2.05, 4.69) is 21.8 Å². The van der Waals surface area contributed by atoms with E-state index in [1.807, 2.05) is 19.4 Å². The summed E-state index contributed by atoms with van der Waals surface area (Å²) in [6, 6.07) is 0. The zero-order valence-electron chi connectivity index (χ0n) is 8.79. The number of hydrogen-bond donors (Lipinski definition) is 1. The lowest BCUT2D eigenvalue weighted by Gasteiger charge is -2.24. The van der Waals surface area contributed by atoms with E-state index < -0.39 is 0 Å². The second kappa shape index (κ2) is 3.61. The van der Waals surface area contributed by atoms with Crippen LogP contribution < -0.4 is 5.32 Å². The first kappa shape index (κ1) is 9.52. The summed E-state index contributed by atoms with van der Waals surface area (Å²) in [6.45, 7) is 3.93. The quantitative estimate of drug-likeness (QED) is 0.794. The van der Waals surface area contributed by atoms with Gasteiger partial charge in [-0.1, -0.05) is 0 Å². The smallest absolute Gasteiger partial charge is 0.202 e. The van der Waals surface area contributed by atoms with Crippen molar-refractivity contribution in [3.8, 4) is 0 Å². The normalized spacial score (nSPS) is 26.7. The Labute approximate surface area is 84.3 Å². The Morgan fingerprint density at radius 2 is 2.57 bits per heavy atom. The summed E-state index contributed by atoms with van der Waals surface area (Å²) in [5.74, 6) is 0.904. The van der Waals surface area contributed by atoms with E-state index in [1.54, 1.807) is 0 Å². The molecule has 0 spiro atoms. The van der Waals surface area contributed by atoms with Gasteiger partial charge >= 0.3 is 0 Å². The molecule has 1 aliphatic rings. The van der Waals surface area contributed by atoms with Gasteiger partial charge in [-0.3, -0.25) is 0 Å². The summed E-state index contributed by atoms with van der Waals surface area (Å²) in [5, 5.41) is 3.06.